The molecule has 0 aliphatic carbocycles. The number of aryl methyl sites for hydroxylation is 1. The van der Waals surface area contributed by atoms with Gasteiger partial charge in [0.2, 0.25) is 5.91 Å². The number of amides is 1. The summed E-state index contributed by atoms with van der Waals surface area (Å²) in [6.45, 7) is 2.00. The van der Waals surface area contributed by atoms with E-state index in [1.165, 1.54) is 11.8 Å². The predicted octanol–water partition coefficient (Wildman–Crippen LogP) is 3.57. The number of sulfone groups is 1. The van der Waals surface area contributed by atoms with Gasteiger partial charge in [-0.1, -0.05) is 59.8 Å². The van der Waals surface area contributed by atoms with Gasteiger partial charge in [-0.2, -0.15) is 0 Å². The maximum absolute atomic E-state index is 13.2. The van der Waals surface area contributed by atoms with Crippen LogP contribution in [0, 0.1) is 12.8 Å². The standard InChI is InChI=1S/C23H26N4O3S2/c1-16-8-10-19(11-9-16)24-22(28)21(18-6-4-3-5-7-18)31-23-26-25-20(27(23)2)14-17-12-13-32(29,30)15-17/h3-11,17,21H,12-15H2,1-2H3,(H,24,28)/t17-,21+/m0/s1. The molecule has 3 aromatic rings. The zero-order valence-corrected chi connectivity index (χ0v) is 19.7. The minimum atomic E-state index is -2.94. The van der Waals surface area contributed by atoms with E-state index in [9.17, 15) is 13.2 Å². The molecular formula is C23H26N4O3S2. The number of thioether (sulfide) groups is 1. The Morgan fingerprint density at radius 2 is 1.88 bits per heavy atom. The third-order valence-electron chi connectivity index (χ3n) is 5.61. The maximum Gasteiger partial charge on any atom is 0.242 e. The average Bonchev–Trinajstić information content (AvgIpc) is 3.30. The van der Waals surface area contributed by atoms with Crippen molar-refractivity contribution in [1.29, 1.82) is 0 Å². The van der Waals surface area contributed by atoms with Gasteiger partial charge in [-0.25, -0.2) is 8.42 Å². The van der Waals surface area contributed by atoms with Crippen LogP contribution < -0.4 is 5.32 Å². The van der Waals surface area contributed by atoms with E-state index in [0.717, 1.165) is 22.6 Å². The van der Waals surface area contributed by atoms with Gasteiger partial charge in [-0.05, 0) is 37.0 Å². The highest BCUT2D eigenvalue weighted by molar-refractivity contribution is 8.00. The number of carbonyl (C=O) groups is 1. The van der Waals surface area contributed by atoms with Crippen LogP contribution in [0.4, 0.5) is 5.69 Å². The van der Waals surface area contributed by atoms with E-state index in [2.05, 4.69) is 15.5 Å². The molecule has 2 aromatic carbocycles. The van der Waals surface area contributed by atoms with E-state index in [-0.39, 0.29) is 23.3 Å². The molecule has 0 bridgehead atoms. The summed E-state index contributed by atoms with van der Waals surface area (Å²) in [7, 11) is -1.07. The number of hydrogen-bond acceptors (Lipinski definition) is 6. The highest BCUT2D eigenvalue weighted by Crippen LogP contribution is 2.36. The normalized spacial score (nSPS) is 18.4. The van der Waals surface area contributed by atoms with Crippen molar-refractivity contribution >= 4 is 33.2 Å². The molecule has 0 unspecified atom stereocenters. The number of hydrogen-bond donors (Lipinski definition) is 1. The second kappa shape index (κ2) is 9.46. The molecule has 1 N–H and O–H groups in total. The lowest BCUT2D eigenvalue weighted by Crippen LogP contribution is -2.19. The minimum Gasteiger partial charge on any atom is -0.325 e. The van der Waals surface area contributed by atoms with Gasteiger partial charge in [0.15, 0.2) is 15.0 Å². The van der Waals surface area contributed by atoms with Crippen LogP contribution in [0.1, 0.15) is 28.6 Å². The van der Waals surface area contributed by atoms with Gasteiger partial charge in [0, 0.05) is 19.2 Å². The summed E-state index contributed by atoms with van der Waals surface area (Å²) in [5.41, 5.74) is 2.73. The van der Waals surface area contributed by atoms with E-state index in [1.807, 2.05) is 73.1 Å². The van der Waals surface area contributed by atoms with Crippen LogP contribution in [0.5, 0.6) is 0 Å². The molecule has 2 heterocycles. The maximum atomic E-state index is 13.2. The smallest absolute Gasteiger partial charge is 0.242 e. The Morgan fingerprint density at radius 1 is 1.16 bits per heavy atom. The third kappa shape index (κ3) is 5.39. The van der Waals surface area contributed by atoms with Gasteiger partial charge in [0.1, 0.15) is 11.1 Å². The van der Waals surface area contributed by atoms with Gasteiger partial charge >= 0.3 is 0 Å². The fourth-order valence-electron chi connectivity index (χ4n) is 3.77. The number of carbonyl (C=O) groups excluding carboxylic acids is 1. The molecule has 1 aliphatic rings. The lowest BCUT2D eigenvalue weighted by molar-refractivity contribution is -0.115. The number of rotatable bonds is 7. The molecule has 0 spiro atoms. The first-order valence-corrected chi connectivity index (χ1v) is 13.2. The Hall–Kier alpha value is -2.65. The summed E-state index contributed by atoms with van der Waals surface area (Å²) in [5.74, 6) is 1.10. The van der Waals surface area contributed by atoms with Crippen LogP contribution in [0.2, 0.25) is 0 Å². The third-order valence-corrected chi connectivity index (χ3v) is 8.73. The van der Waals surface area contributed by atoms with E-state index in [4.69, 9.17) is 0 Å². The lowest BCUT2D eigenvalue weighted by atomic mass is 10.1. The molecule has 0 radical (unpaired) electrons. The SMILES string of the molecule is Cc1ccc(NC(=O)[C@H](Sc2nnc(C[C@@H]3CCS(=O)(=O)C3)n2C)c2ccccc2)cc1. The van der Waals surface area contributed by atoms with Crippen molar-refractivity contribution in [3.8, 4) is 0 Å². The van der Waals surface area contributed by atoms with E-state index in [0.29, 0.717) is 18.0 Å². The quantitative estimate of drug-likeness (QED) is 0.531. The first kappa shape index (κ1) is 22.5. The molecule has 7 nitrogen and oxygen atoms in total. The number of nitrogens with one attached hydrogen (secondary N) is 1. The molecule has 0 saturated carbocycles. The van der Waals surface area contributed by atoms with Crippen molar-refractivity contribution in [3.63, 3.8) is 0 Å². The fourth-order valence-corrected chi connectivity index (χ4v) is 6.65. The van der Waals surface area contributed by atoms with Crippen LogP contribution in [0.15, 0.2) is 59.8 Å². The lowest BCUT2D eigenvalue weighted by Gasteiger charge is -2.17. The Labute approximate surface area is 192 Å². The average molecular weight is 471 g/mol. The Bertz CT molecular complexity index is 1190. The van der Waals surface area contributed by atoms with Gasteiger partial charge in [0.25, 0.3) is 0 Å². The van der Waals surface area contributed by atoms with Gasteiger partial charge in [0.05, 0.1) is 11.5 Å². The molecule has 1 amide bonds. The molecule has 2 atom stereocenters. The summed E-state index contributed by atoms with van der Waals surface area (Å²) in [6, 6.07) is 17.3. The summed E-state index contributed by atoms with van der Waals surface area (Å²) in [5, 5.41) is 11.7. The predicted molar refractivity (Wildman–Crippen MR) is 126 cm³/mol. The number of benzene rings is 2. The fraction of sp³-hybridized carbons (Fsp3) is 0.348. The molecule has 9 heteroatoms. The molecule has 1 fully saturated rings. The zero-order chi connectivity index (χ0) is 22.7. The Balaban J connectivity index is 1.53. The topological polar surface area (TPSA) is 94.0 Å². The summed E-state index contributed by atoms with van der Waals surface area (Å²) in [6.07, 6.45) is 1.22. The first-order valence-electron chi connectivity index (χ1n) is 10.5. The van der Waals surface area contributed by atoms with Crippen molar-refractivity contribution in [3.05, 3.63) is 71.5 Å². The monoisotopic (exact) mass is 470 g/mol. The van der Waals surface area contributed by atoms with E-state index < -0.39 is 15.1 Å². The highest BCUT2D eigenvalue weighted by atomic mass is 32.2. The van der Waals surface area contributed by atoms with Crippen LogP contribution in [0.3, 0.4) is 0 Å². The van der Waals surface area contributed by atoms with E-state index >= 15 is 0 Å². The molecule has 1 aliphatic heterocycles. The first-order chi connectivity index (χ1) is 15.3. The van der Waals surface area contributed by atoms with Crippen molar-refractivity contribution in [1.82, 2.24) is 14.8 Å². The molecular weight excluding hydrogens is 444 g/mol. The molecule has 32 heavy (non-hydrogen) atoms. The Morgan fingerprint density at radius 3 is 2.53 bits per heavy atom. The second-order valence-electron chi connectivity index (χ2n) is 8.19. The van der Waals surface area contributed by atoms with E-state index in [1.54, 1.807) is 0 Å². The van der Waals surface area contributed by atoms with Crippen LogP contribution >= 0.6 is 11.8 Å². The number of anilines is 1. The zero-order valence-electron chi connectivity index (χ0n) is 18.1. The summed E-state index contributed by atoms with van der Waals surface area (Å²) in [4.78, 5) is 13.2. The molecule has 1 saturated heterocycles. The summed E-state index contributed by atoms with van der Waals surface area (Å²) < 4.78 is 25.4. The highest BCUT2D eigenvalue weighted by Gasteiger charge is 2.30. The van der Waals surface area contributed by atoms with Crippen molar-refractivity contribution in [2.24, 2.45) is 13.0 Å². The number of nitrogens with zero attached hydrogens (tertiary/aromatic N) is 3. The van der Waals surface area contributed by atoms with Crippen LogP contribution in [-0.4, -0.2) is 40.6 Å². The molecule has 4 rings (SSSR count). The van der Waals surface area contributed by atoms with Crippen molar-refractivity contribution in [2.75, 3.05) is 16.8 Å². The van der Waals surface area contributed by atoms with Crippen LogP contribution in [0.25, 0.3) is 0 Å². The van der Waals surface area contributed by atoms with Crippen molar-refractivity contribution in [2.45, 2.75) is 30.2 Å². The molecule has 1 aromatic heterocycles. The second-order valence-corrected chi connectivity index (χ2v) is 11.5. The largest absolute Gasteiger partial charge is 0.325 e. The van der Waals surface area contributed by atoms with Gasteiger partial charge < -0.3 is 9.88 Å². The minimum absolute atomic E-state index is 0.0653. The Kier molecular flexibility index (Phi) is 6.66. The number of aromatic nitrogens is 3. The summed E-state index contributed by atoms with van der Waals surface area (Å²) >= 11 is 1.34. The van der Waals surface area contributed by atoms with Crippen molar-refractivity contribution < 1.29 is 13.2 Å². The molecule has 168 valence electrons. The van der Waals surface area contributed by atoms with Gasteiger partial charge in [-0.15, -0.1) is 10.2 Å². The van der Waals surface area contributed by atoms with Gasteiger partial charge in [-0.3, -0.25) is 4.79 Å². The van der Waals surface area contributed by atoms with Crippen LogP contribution in [-0.2, 0) is 28.1 Å².